The third-order valence-electron chi connectivity index (χ3n) is 5.86. The van der Waals surface area contributed by atoms with Crippen LogP contribution in [-0.2, 0) is 6.54 Å². The van der Waals surface area contributed by atoms with E-state index in [4.69, 9.17) is 4.74 Å². The summed E-state index contributed by atoms with van der Waals surface area (Å²) in [7, 11) is 0. The maximum absolute atomic E-state index is 13.5. The number of hydrogen-bond acceptors (Lipinski definition) is 3. The smallest absolute Gasteiger partial charge is 0.257 e. The normalized spacial score (nSPS) is 19.9. The second-order valence-corrected chi connectivity index (χ2v) is 8.06. The molecule has 0 saturated carbocycles. The SMILES string of the molecule is CCOc1cc2[nH]ccc2cc1C(=O)N1C[C@H](C)N(Cc2ccc(F)cc2)C[C@H]1C. The van der Waals surface area contributed by atoms with E-state index in [1.807, 2.05) is 48.4 Å². The summed E-state index contributed by atoms with van der Waals surface area (Å²) in [6.07, 6.45) is 1.87. The summed E-state index contributed by atoms with van der Waals surface area (Å²) in [6, 6.07) is 12.7. The van der Waals surface area contributed by atoms with Crippen LogP contribution in [0.4, 0.5) is 4.39 Å². The zero-order chi connectivity index (χ0) is 21.3. The zero-order valence-corrected chi connectivity index (χ0v) is 17.7. The number of hydrogen-bond donors (Lipinski definition) is 1. The molecular weight excluding hydrogens is 381 g/mol. The molecule has 0 bridgehead atoms. The molecule has 1 N–H and O–H groups in total. The molecule has 6 heteroatoms. The fourth-order valence-corrected chi connectivity index (χ4v) is 4.20. The molecule has 0 aliphatic carbocycles. The van der Waals surface area contributed by atoms with E-state index < -0.39 is 0 Å². The summed E-state index contributed by atoms with van der Waals surface area (Å²) in [5.41, 5.74) is 2.64. The lowest BCUT2D eigenvalue weighted by atomic mass is 10.0. The predicted molar refractivity (Wildman–Crippen MR) is 116 cm³/mol. The molecule has 0 spiro atoms. The Morgan fingerprint density at radius 1 is 1.13 bits per heavy atom. The van der Waals surface area contributed by atoms with Crippen molar-refractivity contribution in [3.63, 3.8) is 0 Å². The minimum atomic E-state index is -0.222. The van der Waals surface area contributed by atoms with Crippen LogP contribution in [0.5, 0.6) is 5.75 Å². The van der Waals surface area contributed by atoms with Crippen molar-refractivity contribution in [1.82, 2.24) is 14.8 Å². The van der Waals surface area contributed by atoms with Crippen LogP contribution >= 0.6 is 0 Å². The number of aromatic nitrogens is 1. The highest BCUT2D eigenvalue weighted by molar-refractivity contribution is 6.01. The summed E-state index contributed by atoms with van der Waals surface area (Å²) in [6.45, 7) is 8.78. The van der Waals surface area contributed by atoms with Gasteiger partial charge in [0.25, 0.3) is 5.91 Å². The van der Waals surface area contributed by atoms with Gasteiger partial charge in [0.05, 0.1) is 12.2 Å². The second-order valence-electron chi connectivity index (χ2n) is 8.06. The lowest BCUT2D eigenvalue weighted by Gasteiger charge is -2.44. The van der Waals surface area contributed by atoms with Crippen molar-refractivity contribution >= 4 is 16.8 Å². The van der Waals surface area contributed by atoms with E-state index in [9.17, 15) is 9.18 Å². The van der Waals surface area contributed by atoms with Crippen LogP contribution in [0.2, 0.25) is 0 Å². The number of amides is 1. The van der Waals surface area contributed by atoms with Gasteiger partial charge in [0, 0.05) is 54.9 Å². The average molecular weight is 410 g/mol. The summed E-state index contributed by atoms with van der Waals surface area (Å²) in [5.74, 6) is 0.397. The Morgan fingerprint density at radius 2 is 1.90 bits per heavy atom. The highest BCUT2D eigenvalue weighted by atomic mass is 19.1. The third-order valence-corrected chi connectivity index (χ3v) is 5.86. The monoisotopic (exact) mass is 409 g/mol. The van der Waals surface area contributed by atoms with Crippen molar-refractivity contribution < 1.29 is 13.9 Å². The van der Waals surface area contributed by atoms with Crippen molar-refractivity contribution in [3.8, 4) is 5.75 Å². The van der Waals surface area contributed by atoms with E-state index in [1.165, 1.54) is 12.1 Å². The lowest BCUT2D eigenvalue weighted by Crippen LogP contribution is -2.57. The highest BCUT2D eigenvalue weighted by Gasteiger charge is 2.33. The van der Waals surface area contributed by atoms with Crippen molar-refractivity contribution in [1.29, 1.82) is 0 Å². The molecule has 4 rings (SSSR count). The minimum Gasteiger partial charge on any atom is -0.493 e. The van der Waals surface area contributed by atoms with Crippen molar-refractivity contribution in [2.45, 2.75) is 39.4 Å². The van der Waals surface area contributed by atoms with Crippen LogP contribution in [0, 0.1) is 5.82 Å². The Kier molecular flexibility index (Phi) is 5.77. The number of aromatic amines is 1. The van der Waals surface area contributed by atoms with Gasteiger partial charge in [-0.25, -0.2) is 4.39 Å². The number of ether oxygens (including phenoxy) is 1. The highest BCUT2D eigenvalue weighted by Crippen LogP contribution is 2.29. The predicted octanol–water partition coefficient (Wildman–Crippen LogP) is 4.44. The Morgan fingerprint density at radius 3 is 2.63 bits per heavy atom. The molecule has 2 atom stereocenters. The third kappa shape index (κ3) is 4.05. The number of fused-ring (bicyclic) bond motifs is 1. The molecule has 0 radical (unpaired) electrons. The molecule has 2 heterocycles. The first-order valence-corrected chi connectivity index (χ1v) is 10.5. The second kappa shape index (κ2) is 8.48. The van der Waals surface area contributed by atoms with E-state index in [2.05, 4.69) is 23.7 Å². The molecule has 158 valence electrons. The van der Waals surface area contributed by atoms with Crippen molar-refractivity contribution in [2.24, 2.45) is 0 Å². The quantitative estimate of drug-likeness (QED) is 0.678. The topological polar surface area (TPSA) is 48.6 Å². The maximum Gasteiger partial charge on any atom is 0.257 e. The fourth-order valence-electron chi connectivity index (χ4n) is 4.20. The number of nitrogens with zero attached hydrogens (tertiary/aromatic N) is 2. The molecular formula is C24H28FN3O2. The molecule has 0 unspecified atom stereocenters. The lowest BCUT2D eigenvalue weighted by molar-refractivity contribution is 0.0288. The van der Waals surface area contributed by atoms with E-state index in [1.54, 1.807) is 0 Å². The van der Waals surface area contributed by atoms with Gasteiger partial charge in [-0.2, -0.15) is 0 Å². The molecule has 1 amide bonds. The zero-order valence-electron chi connectivity index (χ0n) is 17.7. The van der Waals surface area contributed by atoms with Gasteiger partial charge in [-0.15, -0.1) is 0 Å². The summed E-state index contributed by atoms with van der Waals surface area (Å²) in [4.78, 5) is 21.0. The molecule has 2 aromatic carbocycles. The summed E-state index contributed by atoms with van der Waals surface area (Å²) >= 11 is 0. The Hall–Kier alpha value is -2.86. The fraction of sp³-hybridized carbons (Fsp3) is 0.375. The maximum atomic E-state index is 13.5. The van der Waals surface area contributed by atoms with Gasteiger partial charge in [-0.05, 0) is 50.6 Å². The van der Waals surface area contributed by atoms with E-state index in [0.29, 0.717) is 24.5 Å². The number of H-pyrrole nitrogens is 1. The van der Waals surface area contributed by atoms with Crippen molar-refractivity contribution in [3.05, 3.63) is 65.6 Å². The van der Waals surface area contributed by atoms with Crippen LogP contribution in [0.3, 0.4) is 0 Å². The molecule has 30 heavy (non-hydrogen) atoms. The van der Waals surface area contributed by atoms with Gasteiger partial charge in [0.1, 0.15) is 11.6 Å². The van der Waals surface area contributed by atoms with Gasteiger partial charge < -0.3 is 14.6 Å². The standard InChI is InChI=1S/C24H28FN3O2/c1-4-30-23-12-22-19(9-10-26-22)11-21(23)24(29)28-14-16(2)27(13-17(28)3)15-18-5-7-20(25)8-6-18/h5-12,16-17,26H,4,13-15H2,1-3H3/t16-,17+/m0/s1. The number of nitrogens with one attached hydrogen (secondary N) is 1. The molecule has 1 aliphatic heterocycles. The molecule has 5 nitrogen and oxygen atoms in total. The molecule has 1 fully saturated rings. The average Bonchev–Trinajstić information content (AvgIpc) is 3.19. The molecule has 3 aromatic rings. The first kappa shape index (κ1) is 20.4. The van der Waals surface area contributed by atoms with Crippen LogP contribution in [-0.4, -0.2) is 52.5 Å². The first-order chi connectivity index (χ1) is 14.5. The van der Waals surface area contributed by atoms with Crippen LogP contribution in [0.1, 0.15) is 36.7 Å². The first-order valence-electron chi connectivity index (χ1n) is 10.5. The van der Waals surface area contributed by atoms with E-state index >= 15 is 0 Å². The number of carbonyl (C=O) groups excluding carboxylic acids is 1. The van der Waals surface area contributed by atoms with Gasteiger partial charge >= 0.3 is 0 Å². The van der Waals surface area contributed by atoms with Crippen LogP contribution in [0.25, 0.3) is 10.9 Å². The van der Waals surface area contributed by atoms with Crippen LogP contribution < -0.4 is 4.74 Å². The Balaban J connectivity index is 1.53. The Labute approximate surface area is 176 Å². The van der Waals surface area contributed by atoms with E-state index in [0.717, 1.165) is 29.6 Å². The van der Waals surface area contributed by atoms with E-state index in [-0.39, 0.29) is 23.8 Å². The van der Waals surface area contributed by atoms with Gasteiger partial charge in [-0.1, -0.05) is 12.1 Å². The minimum absolute atomic E-state index is 0.00216. The number of piperazine rings is 1. The number of carbonyl (C=O) groups is 1. The largest absolute Gasteiger partial charge is 0.493 e. The summed E-state index contributed by atoms with van der Waals surface area (Å²) in [5, 5.41) is 0.998. The Bertz CT molecular complexity index is 1030. The van der Waals surface area contributed by atoms with Gasteiger partial charge in [-0.3, -0.25) is 9.69 Å². The number of halogens is 1. The van der Waals surface area contributed by atoms with Crippen LogP contribution in [0.15, 0.2) is 48.7 Å². The molecule has 1 aliphatic rings. The van der Waals surface area contributed by atoms with Gasteiger partial charge in [0.2, 0.25) is 0 Å². The van der Waals surface area contributed by atoms with Crippen molar-refractivity contribution in [2.75, 3.05) is 19.7 Å². The van der Waals surface area contributed by atoms with Gasteiger partial charge in [0.15, 0.2) is 0 Å². The number of rotatable bonds is 5. The number of benzene rings is 2. The molecule has 1 saturated heterocycles. The summed E-state index contributed by atoms with van der Waals surface area (Å²) < 4.78 is 19.0. The molecule has 1 aromatic heterocycles.